The molecule has 5 nitrogen and oxygen atoms in total. The van der Waals surface area contributed by atoms with Crippen molar-refractivity contribution in [1.82, 2.24) is 10.2 Å². The Labute approximate surface area is 114 Å². The first-order valence-electron chi connectivity index (χ1n) is 7.44. The molecule has 3 N–H and O–H groups in total. The fourth-order valence-electron chi connectivity index (χ4n) is 3.11. The minimum Gasteiger partial charge on any atom is -0.370 e. The van der Waals surface area contributed by atoms with Gasteiger partial charge in [-0.25, -0.2) is 0 Å². The molecule has 2 amide bonds. The predicted molar refractivity (Wildman–Crippen MR) is 73.4 cm³/mol. The van der Waals surface area contributed by atoms with E-state index in [1.165, 1.54) is 12.8 Å². The molecule has 2 saturated heterocycles. The standard InChI is InChI=1S/C14H25N3O2/c15-13(18)9-11-4-7-17(8-5-11)14(19)10-12-3-1-2-6-16-12/h11-12,16H,1-10H2,(H2,15,18). The van der Waals surface area contributed by atoms with Crippen LogP contribution >= 0.6 is 0 Å². The van der Waals surface area contributed by atoms with Gasteiger partial charge in [0, 0.05) is 32.0 Å². The van der Waals surface area contributed by atoms with Crippen LogP contribution in [0.5, 0.6) is 0 Å². The predicted octanol–water partition coefficient (Wildman–Crippen LogP) is 0.633. The normalized spacial score (nSPS) is 25.3. The van der Waals surface area contributed by atoms with E-state index in [-0.39, 0.29) is 11.8 Å². The summed E-state index contributed by atoms with van der Waals surface area (Å²) < 4.78 is 0. The lowest BCUT2D eigenvalue weighted by Crippen LogP contribution is -2.43. The molecule has 108 valence electrons. The minimum atomic E-state index is -0.226. The van der Waals surface area contributed by atoms with E-state index < -0.39 is 0 Å². The number of nitrogens with one attached hydrogen (secondary N) is 1. The second kappa shape index (κ2) is 6.89. The molecule has 0 radical (unpaired) electrons. The van der Waals surface area contributed by atoms with Crippen LogP contribution in [0.2, 0.25) is 0 Å². The summed E-state index contributed by atoms with van der Waals surface area (Å²) in [7, 11) is 0. The van der Waals surface area contributed by atoms with Gasteiger partial charge in [-0.3, -0.25) is 9.59 Å². The van der Waals surface area contributed by atoms with Crippen LogP contribution in [0.1, 0.15) is 44.9 Å². The number of nitrogens with zero attached hydrogens (tertiary/aromatic N) is 1. The summed E-state index contributed by atoms with van der Waals surface area (Å²) in [6.07, 6.45) is 6.48. The number of amides is 2. The molecular formula is C14H25N3O2. The molecule has 2 aliphatic rings. The number of likely N-dealkylation sites (tertiary alicyclic amines) is 1. The number of piperidine rings is 2. The lowest BCUT2D eigenvalue weighted by Gasteiger charge is -2.33. The fourth-order valence-corrected chi connectivity index (χ4v) is 3.11. The van der Waals surface area contributed by atoms with Gasteiger partial charge in [-0.15, -0.1) is 0 Å². The van der Waals surface area contributed by atoms with E-state index in [9.17, 15) is 9.59 Å². The van der Waals surface area contributed by atoms with Crippen LogP contribution in [-0.2, 0) is 9.59 Å². The highest BCUT2D eigenvalue weighted by atomic mass is 16.2. The first-order valence-corrected chi connectivity index (χ1v) is 7.44. The molecule has 1 unspecified atom stereocenters. The van der Waals surface area contributed by atoms with Crippen molar-refractivity contribution in [3.8, 4) is 0 Å². The first-order chi connectivity index (χ1) is 9.15. The molecule has 0 bridgehead atoms. The zero-order valence-electron chi connectivity index (χ0n) is 11.6. The topological polar surface area (TPSA) is 75.4 Å². The highest BCUT2D eigenvalue weighted by molar-refractivity contribution is 5.77. The molecule has 5 heteroatoms. The molecule has 0 aromatic heterocycles. The fraction of sp³-hybridized carbons (Fsp3) is 0.857. The Hall–Kier alpha value is -1.10. The maximum Gasteiger partial charge on any atom is 0.224 e. The van der Waals surface area contributed by atoms with E-state index in [4.69, 9.17) is 5.73 Å². The average molecular weight is 267 g/mol. The van der Waals surface area contributed by atoms with Crippen LogP contribution < -0.4 is 11.1 Å². The summed E-state index contributed by atoms with van der Waals surface area (Å²) in [6, 6.07) is 0.365. The van der Waals surface area contributed by atoms with Gasteiger partial charge in [0.25, 0.3) is 0 Å². The largest absolute Gasteiger partial charge is 0.370 e. The van der Waals surface area contributed by atoms with Crippen molar-refractivity contribution in [3.63, 3.8) is 0 Å². The summed E-state index contributed by atoms with van der Waals surface area (Å²) >= 11 is 0. The molecule has 0 aliphatic carbocycles. The number of carbonyl (C=O) groups is 2. The summed E-state index contributed by atoms with van der Waals surface area (Å²) in [4.78, 5) is 25.0. The van der Waals surface area contributed by atoms with Crippen LogP contribution in [0.15, 0.2) is 0 Å². The Bertz CT molecular complexity index is 319. The van der Waals surface area contributed by atoms with Crippen LogP contribution in [-0.4, -0.2) is 42.4 Å². The number of hydrogen-bond donors (Lipinski definition) is 2. The SMILES string of the molecule is NC(=O)CC1CCN(C(=O)CC2CCCCN2)CC1. The summed E-state index contributed by atoms with van der Waals surface area (Å²) in [5.41, 5.74) is 5.21. The Morgan fingerprint density at radius 2 is 1.84 bits per heavy atom. The number of carbonyl (C=O) groups excluding carboxylic acids is 2. The van der Waals surface area contributed by atoms with Gasteiger partial charge >= 0.3 is 0 Å². The molecule has 0 saturated carbocycles. The van der Waals surface area contributed by atoms with E-state index in [2.05, 4.69) is 5.32 Å². The monoisotopic (exact) mass is 267 g/mol. The molecule has 0 spiro atoms. The van der Waals surface area contributed by atoms with Gasteiger partial charge < -0.3 is 16.0 Å². The van der Waals surface area contributed by atoms with Crippen LogP contribution in [0, 0.1) is 5.92 Å². The van der Waals surface area contributed by atoms with Gasteiger partial charge in [0.2, 0.25) is 11.8 Å². The summed E-state index contributed by atoms with van der Waals surface area (Å²) in [5.74, 6) is 0.405. The van der Waals surface area contributed by atoms with Crippen molar-refractivity contribution in [2.45, 2.75) is 51.0 Å². The molecule has 0 aromatic carbocycles. The average Bonchev–Trinajstić information content (AvgIpc) is 2.40. The lowest BCUT2D eigenvalue weighted by atomic mass is 9.92. The second-order valence-corrected chi connectivity index (χ2v) is 5.85. The second-order valence-electron chi connectivity index (χ2n) is 5.85. The van der Waals surface area contributed by atoms with Crippen LogP contribution in [0.25, 0.3) is 0 Å². The third-order valence-electron chi connectivity index (χ3n) is 4.29. The van der Waals surface area contributed by atoms with Crippen molar-refractivity contribution in [2.75, 3.05) is 19.6 Å². The first kappa shape index (κ1) is 14.3. The van der Waals surface area contributed by atoms with Crippen LogP contribution in [0.3, 0.4) is 0 Å². The molecule has 2 aliphatic heterocycles. The van der Waals surface area contributed by atoms with Gasteiger partial charge in [-0.2, -0.15) is 0 Å². The number of rotatable bonds is 4. The Balaban J connectivity index is 1.71. The van der Waals surface area contributed by atoms with E-state index in [1.54, 1.807) is 0 Å². The van der Waals surface area contributed by atoms with Gasteiger partial charge in [-0.05, 0) is 38.1 Å². The van der Waals surface area contributed by atoms with Crippen molar-refractivity contribution in [2.24, 2.45) is 11.7 Å². The van der Waals surface area contributed by atoms with E-state index in [0.29, 0.717) is 24.8 Å². The maximum atomic E-state index is 12.2. The van der Waals surface area contributed by atoms with Crippen molar-refractivity contribution in [3.05, 3.63) is 0 Å². The smallest absolute Gasteiger partial charge is 0.224 e. The van der Waals surface area contributed by atoms with Gasteiger partial charge in [0.05, 0.1) is 0 Å². The maximum absolute atomic E-state index is 12.2. The molecule has 1 atom stereocenters. The Morgan fingerprint density at radius 3 is 2.42 bits per heavy atom. The summed E-state index contributed by atoms with van der Waals surface area (Å²) in [6.45, 7) is 2.60. The number of nitrogens with two attached hydrogens (primary N) is 1. The molecule has 2 rings (SSSR count). The third-order valence-corrected chi connectivity index (χ3v) is 4.29. The van der Waals surface area contributed by atoms with Crippen LogP contribution in [0.4, 0.5) is 0 Å². The van der Waals surface area contributed by atoms with E-state index >= 15 is 0 Å². The molecule has 19 heavy (non-hydrogen) atoms. The van der Waals surface area contributed by atoms with E-state index in [0.717, 1.165) is 38.9 Å². The highest BCUT2D eigenvalue weighted by Crippen LogP contribution is 2.21. The quantitative estimate of drug-likeness (QED) is 0.784. The Morgan fingerprint density at radius 1 is 1.11 bits per heavy atom. The number of hydrogen-bond acceptors (Lipinski definition) is 3. The zero-order valence-corrected chi connectivity index (χ0v) is 11.6. The molecular weight excluding hydrogens is 242 g/mol. The van der Waals surface area contributed by atoms with Gasteiger partial charge in [-0.1, -0.05) is 6.42 Å². The lowest BCUT2D eigenvalue weighted by molar-refractivity contribution is -0.133. The van der Waals surface area contributed by atoms with Crippen molar-refractivity contribution < 1.29 is 9.59 Å². The highest BCUT2D eigenvalue weighted by Gasteiger charge is 2.25. The Kier molecular flexibility index (Phi) is 5.19. The summed E-state index contributed by atoms with van der Waals surface area (Å²) in [5, 5.41) is 3.42. The third kappa shape index (κ3) is 4.49. The van der Waals surface area contributed by atoms with Crippen molar-refractivity contribution >= 4 is 11.8 Å². The number of primary amides is 1. The molecule has 0 aromatic rings. The van der Waals surface area contributed by atoms with Gasteiger partial charge in [0.1, 0.15) is 0 Å². The zero-order chi connectivity index (χ0) is 13.7. The molecule has 2 heterocycles. The van der Waals surface area contributed by atoms with Gasteiger partial charge in [0.15, 0.2) is 0 Å². The van der Waals surface area contributed by atoms with E-state index in [1.807, 2.05) is 4.90 Å². The van der Waals surface area contributed by atoms with Crippen molar-refractivity contribution in [1.29, 1.82) is 0 Å². The minimum absolute atomic E-state index is 0.226. The molecule has 2 fully saturated rings.